The van der Waals surface area contributed by atoms with Crippen LogP contribution in [0.25, 0.3) is 0 Å². The van der Waals surface area contributed by atoms with Crippen LogP contribution in [0.4, 0.5) is 0 Å². The largest absolute Gasteiger partial charge is 0.392 e. The van der Waals surface area contributed by atoms with Crippen molar-refractivity contribution in [3.8, 4) is 0 Å². The number of nitrogens with two attached hydrogens (primary N) is 1. The summed E-state index contributed by atoms with van der Waals surface area (Å²) in [6, 6.07) is 0. The van der Waals surface area contributed by atoms with Gasteiger partial charge in [0.05, 0.1) is 4.99 Å². The zero-order valence-electron chi connectivity index (χ0n) is 7.63. The Morgan fingerprint density at radius 2 is 2.09 bits per heavy atom. The molecule has 0 aliphatic heterocycles. The SMILES string of the molecule is CCN(CC(N)=S)CC(C)C. The first-order valence-electron chi connectivity index (χ1n) is 4.07. The number of nitrogens with zero attached hydrogens (tertiary/aromatic N) is 1. The maximum atomic E-state index is 5.43. The molecule has 0 aromatic heterocycles. The smallest absolute Gasteiger partial charge is 0.0870 e. The van der Waals surface area contributed by atoms with Crippen molar-refractivity contribution in [3.63, 3.8) is 0 Å². The molecule has 3 heteroatoms. The molecule has 0 fully saturated rings. The minimum atomic E-state index is 0.590. The second-order valence-electron chi connectivity index (χ2n) is 3.19. The lowest BCUT2D eigenvalue weighted by Crippen LogP contribution is -2.35. The van der Waals surface area contributed by atoms with E-state index in [4.69, 9.17) is 18.0 Å². The molecular formula is C8H18N2S. The van der Waals surface area contributed by atoms with E-state index in [-0.39, 0.29) is 0 Å². The number of hydrogen-bond acceptors (Lipinski definition) is 2. The topological polar surface area (TPSA) is 29.3 Å². The van der Waals surface area contributed by atoms with Crippen LogP contribution in [0.3, 0.4) is 0 Å². The zero-order chi connectivity index (χ0) is 8.85. The number of likely N-dealkylation sites (N-methyl/N-ethyl adjacent to an activating group) is 1. The van der Waals surface area contributed by atoms with Gasteiger partial charge in [-0.3, -0.25) is 4.90 Å². The minimum Gasteiger partial charge on any atom is -0.392 e. The lowest BCUT2D eigenvalue weighted by molar-refractivity contribution is 0.290. The Balaban J connectivity index is 3.66. The molecule has 2 N–H and O–H groups in total. The Hall–Kier alpha value is -0.150. The lowest BCUT2D eigenvalue weighted by atomic mass is 10.2. The summed E-state index contributed by atoms with van der Waals surface area (Å²) in [5.74, 6) is 0.685. The molecule has 0 saturated heterocycles. The van der Waals surface area contributed by atoms with Crippen LogP contribution < -0.4 is 5.73 Å². The molecule has 0 aromatic carbocycles. The van der Waals surface area contributed by atoms with E-state index >= 15 is 0 Å². The van der Waals surface area contributed by atoms with E-state index in [9.17, 15) is 0 Å². The van der Waals surface area contributed by atoms with Gasteiger partial charge in [0.1, 0.15) is 0 Å². The quantitative estimate of drug-likeness (QED) is 0.636. The van der Waals surface area contributed by atoms with Gasteiger partial charge in [-0.25, -0.2) is 0 Å². The Bertz CT molecular complexity index is 123. The van der Waals surface area contributed by atoms with Crippen LogP contribution >= 0.6 is 12.2 Å². The first kappa shape index (κ1) is 10.8. The standard InChI is InChI=1S/C8H18N2S/c1-4-10(5-7(2)3)6-8(9)11/h7H,4-6H2,1-3H3,(H2,9,11). The third kappa shape index (κ3) is 6.26. The van der Waals surface area contributed by atoms with Gasteiger partial charge in [-0.2, -0.15) is 0 Å². The van der Waals surface area contributed by atoms with Crippen molar-refractivity contribution in [3.05, 3.63) is 0 Å². The summed E-state index contributed by atoms with van der Waals surface area (Å²) >= 11 is 4.83. The molecule has 0 aromatic rings. The van der Waals surface area contributed by atoms with Crippen LogP contribution in [-0.4, -0.2) is 29.5 Å². The Labute approximate surface area is 74.8 Å². The molecule has 0 atom stereocenters. The molecule has 0 rings (SSSR count). The van der Waals surface area contributed by atoms with Gasteiger partial charge in [-0.05, 0) is 12.5 Å². The van der Waals surface area contributed by atoms with Gasteiger partial charge in [-0.15, -0.1) is 0 Å². The Kier molecular flexibility index (Phi) is 5.42. The first-order chi connectivity index (χ1) is 5.06. The summed E-state index contributed by atoms with van der Waals surface area (Å²) in [5.41, 5.74) is 5.43. The molecule has 0 heterocycles. The number of rotatable bonds is 5. The van der Waals surface area contributed by atoms with Crippen LogP contribution in [0.15, 0.2) is 0 Å². The van der Waals surface area contributed by atoms with Crippen molar-refractivity contribution in [2.24, 2.45) is 11.7 Å². The average Bonchev–Trinajstić information content (AvgIpc) is 1.84. The molecule has 0 radical (unpaired) electrons. The Morgan fingerprint density at radius 3 is 2.36 bits per heavy atom. The Morgan fingerprint density at radius 1 is 1.55 bits per heavy atom. The maximum Gasteiger partial charge on any atom is 0.0870 e. The van der Waals surface area contributed by atoms with Crippen LogP contribution in [0.2, 0.25) is 0 Å². The summed E-state index contributed by atoms with van der Waals surface area (Å²) in [4.78, 5) is 2.85. The van der Waals surface area contributed by atoms with Crippen LogP contribution in [0.1, 0.15) is 20.8 Å². The van der Waals surface area contributed by atoms with Crippen molar-refractivity contribution in [1.82, 2.24) is 4.90 Å². The van der Waals surface area contributed by atoms with E-state index in [0.717, 1.165) is 19.6 Å². The van der Waals surface area contributed by atoms with Gasteiger partial charge in [0.15, 0.2) is 0 Å². The predicted octanol–water partition coefficient (Wildman–Crippen LogP) is 1.25. The van der Waals surface area contributed by atoms with E-state index in [2.05, 4.69) is 25.7 Å². The van der Waals surface area contributed by atoms with Gasteiger partial charge in [0.25, 0.3) is 0 Å². The highest BCUT2D eigenvalue weighted by Gasteiger charge is 2.04. The fraction of sp³-hybridized carbons (Fsp3) is 0.875. The van der Waals surface area contributed by atoms with Gasteiger partial charge in [-0.1, -0.05) is 33.0 Å². The normalized spacial score (nSPS) is 11.0. The van der Waals surface area contributed by atoms with E-state index < -0.39 is 0 Å². The molecule has 66 valence electrons. The highest BCUT2D eigenvalue weighted by atomic mass is 32.1. The van der Waals surface area contributed by atoms with Gasteiger partial charge in [0, 0.05) is 13.1 Å². The van der Waals surface area contributed by atoms with E-state index in [0.29, 0.717) is 10.9 Å². The molecule has 0 unspecified atom stereocenters. The minimum absolute atomic E-state index is 0.590. The highest BCUT2D eigenvalue weighted by Crippen LogP contribution is 1.97. The number of thiocarbonyl (C=S) groups is 1. The van der Waals surface area contributed by atoms with Crippen molar-refractivity contribution in [2.45, 2.75) is 20.8 Å². The summed E-state index contributed by atoms with van der Waals surface area (Å²) in [7, 11) is 0. The molecule has 2 nitrogen and oxygen atoms in total. The van der Waals surface area contributed by atoms with Crippen molar-refractivity contribution < 1.29 is 0 Å². The maximum absolute atomic E-state index is 5.43. The van der Waals surface area contributed by atoms with Gasteiger partial charge < -0.3 is 5.73 Å². The van der Waals surface area contributed by atoms with E-state index in [1.165, 1.54) is 0 Å². The van der Waals surface area contributed by atoms with Crippen LogP contribution in [0, 0.1) is 5.92 Å². The zero-order valence-corrected chi connectivity index (χ0v) is 8.45. The average molecular weight is 174 g/mol. The second kappa shape index (κ2) is 5.49. The highest BCUT2D eigenvalue weighted by molar-refractivity contribution is 7.80. The third-order valence-corrected chi connectivity index (χ3v) is 1.58. The summed E-state index contributed by atoms with van der Waals surface area (Å²) in [6.45, 7) is 9.37. The van der Waals surface area contributed by atoms with Crippen LogP contribution in [-0.2, 0) is 0 Å². The van der Waals surface area contributed by atoms with Crippen LogP contribution in [0.5, 0.6) is 0 Å². The summed E-state index contributed by atoms with van der Waals surface area (Å²) in [6.07, 6.45) is 0. The second-order valence-corrected chi connectivity index (χ2v) is 3.71. The van der Waals surface area contributed by atoms with Crippen molar-refractivity contribution in [2.75, 3.05) is 19.6 Å². The van der Waals surface area contributed by atoms with Crippen molar-refractivity contribution in [1.29, 1.82) is 0 Å². The predicted molar refractivity (Wildman–Crippen MR) is 53.7 cm³/mol. The monoisotopic (exact) mass is 174 g/mol. The first-order valence-corrected chi connectivity index (χ1v) is 4.47. The molecule has 11 heavy (non-hydrogen) atoms. The molecule has 0 aliphatic carbocycles. The molecular weight excluding hydrogens is 156 g/mol. The van der Waals surface area contributed by atoms with Gasteiger partial charge >= 0.3 is 0 Å². The summed E-state index contributed by atoms with van der Waals surface area (Å²) < 4.78 is 0. The van der Waals surface area contributed by atoms with Gasteiger partial charge in [0.2, 0.25) is 0 Å². The third-order valence-electron chi connectivity index (χ3n) is 1.45. The molecule has 0 bridgehead atoms. The fourth-order valence-corrected chi connectivity index (χ4v) is 1.22. The van der Waals surface area contributed by atoms with Crippen molar-refractivity contribution >= 4 is 17.2 Å². The number of hydrogen-bond donors (Lipinski definition) is 1. The molecule has 0 spiro atoms. The molecule has 0 amide bonds. The summed E-state index contributed by atoms with van der Waals surface area (Å²) in [5, 5.41) is 0. The lowest BCUT2D eigenvalue weighted by Gasteiger charge is -2.21. The fourth-order valence-electron chi connectivity index (χ4n) is 1.04. The molecule has 0 aliphatic rings. The van der Waals surface area contributed by atoms with E-state index in [1.807, 2.05) is 0 Å². The molecule has 0 saturated carbocycles. The van der Waals surface area contributed by atoms with E-state index in [1.54, 1.807) is 0 Å².